The van der Waals surface area contributed by atoms with E-state index < -0.39 is 0 Å². The summed E-state index contributed by atoms with van der Waals surface area (Å²) in [6.07, 6.45) is 3.57. The third kappa shape index (κ3) is 4.19. The zero-order valence-electron chi connectivity index (χ0n) is 15.5. The zero-order chi connectivity index (χ0) is 17.8. The summed E-state index contributed by atoms with van der Waals surface area (Å²) >= 11 is 0. The van der Waals surface area contributed by atoms with Crippen LogP contribution < -0.4 is 14.8 Å². The molecule has 26 heavy (non-hydrogen) atoms. The Balaban J connectivity index is 1.23. The van der Waals surface area contributed by atoms with Crippen molar-refractivity contribution in [3.05, 3.63) is 59.7 Å². The van der Waals surface area contributed by atoms with E-state index in [-0.39, 0.29) is 0 Å². The lowest BCUT2D eigenvalue weighted by Crippen LogP contribution is -2.43. The maximum absolute atomic E-state index is 5.50. The molecule has 1 N–H and O–H groups in total. The van der Waals surface area contributed by atoms with E-state index in [4.69, 9.17) is 9.47 Å². The van der Waals surface area contributed by atoms with Crippen LogP contribution in [0.1, 0.15) is 36.9 Å². The Morgan fingerprint density at radius 2 is 1.81 bits per heavy atom. The Bertz CT molecular complexity index is 711. The first kappa shape index (κ1) is 17.4. The van der Waals surface area contributed by atoms with E-state index >= 15 is 0 Å². The van der Waals surface area contributed by atoms with Gasteiger partial charge in [0.15, 0.2) is 11.5 Å². The summed E-state index contributed by atoms with van der Waals surface area (Å²) in [5.41, 5.74) is 2.70. The number of hydrogen-bond acceptors (Lipinski definition) is 4. The highest BCUT2D eigenvalue weighted by Gasteiger charge is 2.22. The number of likely N-dealkylation sites (tertiary alicyclic amines) is 1. The summed E-state index contributed by atoms with van der Waals surface area (Å²) in [6, 6.07) is 18.0. The number of nitrogens with one attached hydrogen (secondary N) is 1. The van der Waals surface area contributed by atoms with E-state index in [0.717, 1.165) is 24.5 Å². The summed E-state index contributed by atoms with van der Waals surface area (Å²) in [6.45, 7) is 6.09. The van der Waals surface area contributed by atoms with E-state index in [0.29, 0.717) is 18.9 Å². The fraction of sp³-hybridized carbons (Fsp3) is 0.455. The van der Waals surface area contributed by atoms with Crippen molar-refractivity contribution < 1.29 is 9.47 Å². The second-order valence-corrected chi connectivity index (χ2v) is 7.35. The fourth-order valence-corrected chi connectivity index (χ4v) is 3.89. The molecule has 1 saturated heterocycles. The molecule has 4 nitrogen and oxygen atoms in total. The molecule has 1 unspecified atom stereocenters. The molecule has 138 valence electrons. The van der Waals surface area contributed by atoms with E-state index in [2.05, 4.69) is 59.6 Å². The van der Waals surface area contributed by atoms with Crippen LogP contribution in [0.2, 0.25) is 0 Å². The highest BCUT2D eigenvalue weighted by molar-refractivity contribution is 5.45. The lowest BCUT2D eigenvalue weighted by Gasteiger charge is -2.34. The minimum Gasteiger partial charge on any atom is -0.454 e. The molecule has 0 radical (unpaired) electrons. The van der Waals surface area contributed by atoms with Gasteiger partial charge in [-0.15, -0.1) is 0 Å². The second-order valence-electron chi connectivity index (χ2n) is 7.35. The third-order valence-electron chi connectivity index (χ3n) is 5.53. The SMILES string of the molecule is CC(NC1CCN(CCc2ccccc2)CC1)c1ccc2c(c1)OCO2. The number of hydrogen-bond donors (Lipinski definition) is 1. The molecule has 0 aliphatic carbocycles. The molecule has 2 heterocycles. The zero-order valence-corrected chi connectivity index (χ0v) is 15.5. The molecule has 0 aromatic heterocycles. The summed E-state index contributed by atoms with van der Waals surface area (Å²) in [7, 11) is 0. The fourth-order valence-electron chi connectivity index (χ4n) is 3.89. The van der Waals surface area contributed by atoms with Crippen molar-refractivity contribution >= 4 is 0 Å². The quantitative estimate of drug-likeness (QED) is 0.858. The standard InChI is InChI=1S/C22H28N2O2/c1-17(19-7-8-21-22(15-19)26-16-25-21)23-20-10-13-24(14-11-20)12-9-18-5-3-2-4-6-18/h2-8,15,17,20,23H,9-14,16H2,1H3. The molecule has 4 heteroatoms. The normalized spacial score (nSPS) is 18.8. The van der Waals surface area contributed by atoms with Crippen LogP contribution in [-0.2, 0) is 6.42 Å². The average Bonchev–Trinajstić information content (AvgIpc) is 3.16. The Hall–Kier alpha value is -2.04. The number of ether oxygens (including phenoxy) is 2. The molecular formula is C22H28N2O2. The molecule has 1 atom stereocenters. The minimum absolute atomic E-state index is 0.324. The molecule has 2 aliphatic heterocycles. The predicted molar refractivity (Wildman–Crippen MR) is 104 cm³/mol. The third-order valence-corrected chi connectivity index (χ3v) is 5.53. The first-order chi connectivity index (χ1) is 12.8. The van der Waals surface area contributed by atoms with Gasteiger partial charge in [0.1, 0.15) is 0 Å². The number of benzene rings is 2. The van der Waals surface area contributed by atoms with Gasteiger partial charge in [0.2, 0.25) is 6.79 Å². The van der Waals surface area contributed by atoms with Crippen LogP contribution in [0.25, 0.3) is 0 Å². The van der Waals surface area contributed by atoms with Gasteiger partial charge in [0, 0.05) is 18.6 Å². The Morgan fingerprint density at radius 1 is 1.04 bits per heavy atom. The summed E-state index contributed by atoms with van der Waals surface area (Å²) < 4.78 is 10.9. The molecule has 2 aliphatic rings. The summed E-state index contributed by atoms with van der Waals surface area (Å²) in [5.74, 6) is 1.72. The van der Waals surface area contributed by atoms with Crippen LogP contribution in [-0.4, -0.2) is 37.4 Å². The van der Waals surface area contributed by atoms with Crippen molar-refractivity contribution in [3.63, 3.8) is 0 Å². The van der Waals surface area contributed by atoms with Gasteiger partial charge < -0.3 is 19.7 Å². The molecule has 0 spiro atoms. The van der Waals surface area contributed by atoms with Gasteiger partial charge >= 0.3 is 0 Å². The molecule has 4 rings (SSSR count). The molecule has 2 aromatic carbocycles. The van der Waals surface area contributed by atoms with Crippen molar-refractivity contribution in [1.82, 2.24) is 10.2 Å². The lowest BCUT2D eigenvalue weighted by molar-refractivity contribution is 0.174. The number of fused-ring (bicyclic) bond motifs is 1. The van der Waals surface area contributed by atoms with Crippen LogP contribution in [0.15, 0.2) is 48.5 Å². The van der Waals surface area contributed by atoms with E-state index in [9.17, 15) is 0 Å². The highest BCUT2D eigenvalue weighted by Crippen LogP contribution is 2.34. The van der Waals surface area contributed by atoms with Crippen LogP contribution >= 0.6 is 0 Å². The Kier molecular flexibility index (Phi) is 5.42. The van der Waals surface area contributed by atoms with Crippen molar-refractivity contribution in [1.29, 1.82) is 0 Å². The Morgan fingerprint density at radius 3 is 2.62 bits per heavy atom. The molecule has 2 aromatic rings. The van der Waals surface area contributed by atoms with Crippen molar-refractivity contribution in [2.24, 2.45) is 0 Å². The molecular weight excluding hydrogens is 324 g/mol. The number of piperidine rings is 1. The van der Waals surface area contributed by atoms with Crippen molar-refractivity contribution in [3.8, 4) is 11.5 Å². The van der Waals surface area contributed by atoms with Gasteiger partial charge in [-0.2, -0.15) is 0 Å². The number of rotatable bonds is 6. The summed E-state index contributed by atoms with van der Waals surface area (Å²) in [4.78, 5) is 2.59. The van der Waals surface area contributed by atoms with Gasteiger partial charge in [-0.05, 0) is 62.5 Å². The van der Waals surface area contributed by atoms with Gasteiger partial charge in [0.25, 0.3) is 0 Å². The molecule has 0 bridgehead atoms. The minimum atomic E-state index is 0.324. The number of nitrogens with zero attached hydrogens (tertiary/aromatic N) is 1. The monoisotopic (exact) mass is 352 g/mol. The molecule has 0 saturated carbocycles. The van der Waals surface area contributed by atoms with E-state index in [1.54, 1.807) is 0 Å². The van der Waals surface area contributed by atoms with Crippen molar-refractivity contribution in [2.75, 3.05) is 26.4 Å². The van der Waals surface area contributed by atoms with Crippen LogP contribution in [0.4, 0.5) is 0 Å². The van der Waals surface area contributed by atoms with Gasteiger partial charge in [-0.25, -0.2) is 0 Å². The van der Waals surface area contributed by atoms with Gasteiger partial charge in [-0.3, -0.25) is 0 Å². The topological polar surface area (TPSA) is 33.7 Å². The highest BCUT2D eigenvalue weighted by atomic mass is 16.7. The van der Waals surface area contributed by atoms with Gasteiger partial charge in [0.05, 0.1) is 0 Å². The van der Waals surface area contributed by atoms with E-state index in [1.807, 2.05) is 6.07 Å². The van der Waals surface area contributed by atoms with Gasteiger partial charge in [-0.1, -0.05) is 36.4 Å². The maximum atomic E-state index is 5.50. The maximum Gasteiger partial charge on any atom is 0.231 e. The predicted octanol–water partition coefficient (Wildman–Crippen LogP) is 3.77. The van der Waals surface area contributed by atoms with E-state index in [1.165, 1.54) is 37.1 Å². The van der Waals surface area contributed by atoms with Crippen LogP contribution in [0, 0.1) is 0 Å². The summed E-state index contributed by atoms with van der Waals surface area (Å²) in [5, 5.41) is 3.80. The smallest absolute Gasteiger partial charge is 0.231 e. The Labute approximate surface area is 156 Å². The largest absolute Gasteiger partial charge is 0.454 e. The first-order valence-corrected chi connectivity index (χ1v) is 9.70. The van der Waals surface area contributed by atoms with Crippen molar-refractivity contribution in [2.45, 2.75) is 38.3 Å². The molecule has 0 amide bonds. The van der Waals surface area contributed by atoms with Crippen LogP contribution in [0.3, 0.4) is 0 Å². The first-order valence-electron chi connectivity index (χ1n) is 9.70. The molecule has 1 fully saturated rings. The van der Waals surface area contributed by atoms with Crippen LogP contribution in [0.5, 0.6) is 11.5 Å². The second kappa shape index (κ2) is 8.11. The average molecular weight is 352 g/mol. The lowest BCUT2D eigenvalue weighted by atomic mass is 10.0.